The van der Waals surface area contributed by atoms with E-state index < -0.39 is 5.97 Å². The third-order valence-electron chi connectivity index (χ3n) is 5.41. The van der Waals surface area contributed by atoms with Crippen LogP contribution in [0.4, 0.5) is 0 Å². The van der Waals surface area contributed by atoms with Gasteiger partial charge in [-0.25, -0.2) is 4.79 Å². The zero-order chi connectivity index (χ0) is 19.9. The number of hydrogen-bond acceptors (Lipinski definition) is 2. The van der Waals surface area contributed by atoms with Crippen LogP contribution in [0.15, 0.2) is 60.7 Å². The summed E-state index contributed by atoms with van der Waals surface area (Å²) in [5.41, 5.74) is 7.11. The molecule has 0 fully saturated rings. The molecule has 0 aromatic heterocycles. The molecule has 0 spiro atoms. The Bertz CT molecular complexity index is 1090. The van der Waals surface area contributed by atoms with Gasteiger partial charge in [-0.3, -0.25) is 0 Å². The average Bonchev–Trinajstić information content (AvgIpc) is 2.67. The van der Waals surface area contributed by atoms with Crippen LogP contribution < -0.4 is 0 Å². The molecule has 4 rings (SSSR count). The van der Waals surface area contributed by atoms with Crippen LogP contribution in [0, 0.1) is 0 Å². The van der Waals surface area contributed by atoms with Gasteiger partial charge in [0.05, 0.1) is 5.56 Å². The van der Waals surface area contributed by atoms with Crippen molar-refractivity contribution in [2.75, 3.05) is 0 Å². The van der Waals surface area contributed by atoms with Crippen molar-refractivity contribution in [2.24, 2.45) is 0 Å². The van der Waals surface area contributed by atoms with Crippen LogP contribution >= 0.6 is 0 Å². The molecule has 0 aliphatic heterocycles. The normalized spacial score (nSPS) is 14.5. The average molecular weight is 370 g/mol. The smallest absolute Gasteiger partial charge is 0.335 e. The van der Waals surface area contributed by atoms with Crippen molar-refractivity contribution in [2.45, 2.75) is 25.7 Å². The molecule has 1 aliphatic carbocycles. The van der Waals surface area contributed by atoms with Crippen LogP contribution in [0.25, 0.3) is 23.3 Å². The first-order valence-electron chi connectivity index (χ1n) is 9.32. The van der Waals surface area contributed by atoms with E-state index in [1.807, 2.05) is 24.3 Å². The fraction of sp³-hybridized carbons (Fsp3) is 0.160. The zero-order valence-corrected chi connectivity index (χ0v) is 15.9. The van der Waals surface area contributed by atoms with Gasteiger partial charge in [0.25, 0.3) is 0 Å². The molecule has 0 heterocycles. The molecule has 3 nitrogen and oxygen atoms in total. The second-order valence-corrected chi connectivity index (χ2v) is 7.97. The second-order valence-electron chi connectivity index (χ2n) is 7.97. The number of rotatable bonds is 3. The van der Waals surface area contributed by atoms with Crippen molar-refractivity contribution in [1.82, 2.24) is 0 Å². The van der Waals surface area contributed by atoms with Crippen LogP contribution in [-0.2, 0) is 11.8 Å². The number of phenolic OH excluding ortho intramolecular Hbond substituents is 1. The van der Waals surface area contributed by atoms with E-state index in [1.165, 1.54) is 11.1 Å². The van der Waals surface area contributed by atoms with Crippen molar-refractivity contribution in [3.63, 3.8) is 0 Å². The van der Waals surface area contributed by atoms with Gasteiger partial charge in [0.2, 0.25) is 0 Å². The Balaban J connectivity index is 1.72. The van der Waals surface area contributed by atoms with E-state index in [-0.39, 0.29) is 16.7 Å². The first-order chi connectivity index (χ1) is 13.3. The molecule has 0 atom stereocenters. The molecule has 0 saturated heterocycles. The number of carbonyl (C=O) groups is 1. The number of fused-ring (bicyclic) bond motifs is 3. The summed E-state index contributed by atoms with van der Waals surface area (Å²) in [4.78, 5) is 11.0. The lowest BCUT2D eigenvalue weighted by Gasteiger charge is -2.34. The van der Waals surface area contributed by atoms with E-state index in [0.717, 1.165) is 28.7 Å². The van der Waals surface area contributed by atoms with Gasteiger partial charge in [-0.15, -0.1) is 0 Å². The molecule has 140 valence electrons. The van der Waals surface area contributed by atoms with Crippen molar-refractivity contribution in [3.05, 3.63) is 88.5 Å². The van der Waals surface area contributed by atoms with Crippen molar-refractivity contribution in [3.8, 4) is 16.9 Å². The Hall–Kier alpha value is -3.33. The van der Waals surface area contributed by atoms with E-state index in [2.05, 4.69) is 32.0 Å². The van der Waals surface area contributed by atoms with Gasteiger partial charge in [-0.2, -0.15) is 0 Å². The standard InChI is InChI=1S/C25H22O3/c1-25(2)15-19-10-11-20(26)14-21(19)22-13-17(7-12-23(22)25)4-3-16-5-8-18(9-6-16)24(27)28/h3-14,26H,15H2,1-2H3,(H,27,28). The molecular formula is C25H22O3. The van der Waals surface area contributed by atoms with E-state index in [0.29, 0.717) is 0 Å². The highest BCUT2D eigenvalue weighted by Gasteiger charge is 2.30. The van der Waals surface area contributed by atoms with E-state index >= 15 is 0 Å². The van der Waals surface area contributed by atoms with E-state index in [4.69, 9.17) is 5.11 Å². The van der Waals surface area contributed by atoms with Gasteiger partial charge in [0.15, 0.2) is 0 Å². The summed E-state index contributed by atoms with van der Waals surface area (Å²) < 4.78 is 0. The predicted octanol–water partition coefficient (Wildman–Crippen LogP) is 5.76. The number of aromatic carboxylic acids is 1. The van der Waals surface area contributed by atoms with Crippen LogP contribution in [-0.4, -0.2) is 16.2 Å². The molecule has 0 radical (unpaired) electrons. The van der Waals surface area contributed by atoms with Gasteiger partial charge >= 0.3 is 5.97 Å². The minimum Gasteiger partial charge on any atom is -0.508 e. The van der Waals surface area contributed by atoms with E-state index in [1.54, 1.807) is 30.3 Å². The molecule has 3 heteroatoms. The fourth-order valence-corrected chi connectivity index (χ4v) is 3.95. The quantitative estimate of drug-likeness (QED) is 0.576. The molecule has 0 amide bonds. The summed E-state index contributed by atoms with van der Waals surface area (Å²) in [6.45, 7) is 4.50. The number of hydrogen-bond donors (Lipinski definition) is 2. The number of benzene rings is 3. The predicted molar refractivity (Wildman–Crippen MR) is 113 cm³/mol. The maximum atomic E-state index is 11.0. The van der Waals surface area contributed by atoms with Crippen LogP contribution in [0.5, 0.6) is 5.75 Å². The lowest BCUT2D eigenvalue weighted by molar-refractivity contribution is 0.0697. The third-order valence-corrected chi connectivity index (χ3v) is 5.41. The topological polar surface area (TPSA) is 57.5 Å². The zero-order valence-electron chi connectivity index (χ0n) is 15.9. The van der Waals surface area contributed by atoms with Crippen molar-refractivity contribution < 1.29 is 15.0 Å². The summed E-state index contributed by atoms with van der Waals surface area (Å²) in [7, 11) is 0. The minimum atomic E-state index is -0.922. The summed E-state index contributed by atoms with van der Waals surface area (Å²) in [6.07, 6.45) is 4.95. The summed E-state index contributed by atoms with van der Waals surface area (Å²) in [6, 6.07) is 18.9. The Morgan fingerprint density at radius 1 is 0.893 bits per heavy atom. The van der Waals surface area contributed by atoms with Crippen LogP contribution in [0.2, 0.25) is 0 Å². The number of carboxylic acids is 1. The molecule has 28 heavy (non-hydrogen) atoms. The molecule has 0 saturated carbocycles. The molecule has 3 aromatic rings. The van der Waals surface area contributed by atoms with Gasteiger partial charge in [-0.05, 0) is 75.5 Å². The maximum absolute atomic E-state index is 11.0. The highest BCUT2D eigenvalue weighted by atomic mass is 16.4. The van der Waals surface area contributed by atoms with Crippen molar-refractivity contribution >= 4 is 18.1 Å². The fourth-order valence-electron chi connectivity index (χ4n) is 3.95. The van der Waals surface area contributed by atoms with Gasteiger partial charge < -0.3 is 10.2 Å². The number of phenols is 1. The molecule has 0 unspecified atom stereocenters. The van der Waals surface area contributed by atoms with Gasteiger partial charge in [0.1, 0.15) is 5.75 Å². The Labute approximate surface area is 164 Å². The van der Waals surface area contributed by atoms with Crippen LogP contribution in [0.1, 0.15) is 46.5 Å². The van der Waals surface area contributed by atoms with E-state index in [9.17, 15) is 9.90 Å². The minimum absolute atomic E-state index is 0.0359. The number of carboxylic acid groups (broad SMARTS) is 1. The Kier molecular flexibility index (Phi) is 4.31. The van der Waals surface area contributed by atoms with Gasteiger partial charge in [-0.1, -0.05) is 56.3 Å². The maximum Gasteiger partial charge on any atom is 0.335 e. The first kappa shape index (κ1) is 18.1. The highest BCUT2D eigenvalue weighted by Crippen LogP contribution is 2.44. The molecule has 3 aromatic carbocycles. The number of aromatic hydroxyl groups is 1. The third kappa shape index (κ3) is 3.31. The van der Waals surface area contributed by atoms with Crippen molar-refractivity contribution in [1.29, 1.82) is 0 Å². The SMILES string of the molecule is CC1(C)Cc2ccc(O)cc2-c2cc(C=Cc3ccc(C(=O)O)cc3)ccc21. The Morgan fingerprint density at radius 3 is 2.29 bits per heavy atom. The highest BCUT2D eigenvalue weighted by molar-refractivity contribution is 5.88. The molecule has 0 bridgehead atoms. The molecule has 1 aliphatic rings. The summed E-state index contributed by atoms with van der Waals surface area (Å²) >= 11 is 0. The monoisotopic (exact) mass is 370 g/mol. The molecule has 2 N–H and O–H groups in total. The Morgan fingerprint density at radius 2 is 1.57 bits per heavy atom. The largest absolute Gasteiger partial charge is 0.508 e. The lowest BCUT2D eigenvalue weighted by Crippen LogP contribution is -2.25. The molecular weight excluding hydrogens is 348 g/mol. The van der Waals surface area contributed by atoms with Gasteiger partial charge in [0, 0.05) is 0 Å². The lowest BCUT2D eigenvalue weighted by atomic mass is 9.70. The second kappa shape index (κ2) is 6.68. The van der Waals surface area contributed by atoms with Crippen LogP contribution in [0.3, 0.4) is 0 Å². The summed E-state index contributed by atoms with van der Waals surface area (Å²) in [5.74, 6) is -0.640. The summed E-state index contributed by atoms with van der Waals surface area (Å²) in [5, 5.41) is 19.0. The first-order valence-corrected chi connectivity index (χ1v) is 9.32.